The van der Waals surface area contributed by atoms with Gasteiger partial charge in [0, 0.05) is 25.9 Å². The monoisotopic (exact) mass is 415 g/mol. The SMILES string of the molecule is COC1CN(c2ccc3c(c2)-n2ncc(Cl)c2N=C(c2c(F)cccc2F)N3)C1. The first-order chi connectivity index (χ1) is 14.0. The molecule has 3 heterocycles. The van der Waals surface area contributed by atoms with Gasteiger partial charge in [-0.05, 0) is 30.3 Å². The molecule has 0 bridgehead atoms. The smallest absolute Gasteiger partial charge is 0.176 e. The molecule has 1 N–H and O–H groups in total. The number of rotatable bonds is 3. The van der Waals surface area contributed by atoms with Crippen molar-refractivity contribution in [3.8, 4) is 5.69 Å². The van der Waals surface area contributed by atoms with Gasteiger partial charge in [0.05, 0.1) is 29.2 Å². The van der Waals surface area contributed by atoms with Crippen molar-refractivity contribution in [1.82, 2.24) is 9.78 Å². The molecule has 1 fully saturated rings. The molecule has 2 aromatic carbocycles. The lowest BCUT2D eigenvalue weighted by Gasteiger charge is -2.40. The van der Waals surface area contributed by atoms with E-state index in [0.29, 0.717) is 17.2 Å². The fourth-order valence-corrected chi connectivity index (χ4v) is 3.66. The van der Waals surface area contributed by atoms with Crippen LogP contribution in [0.25, 0.3) is 5.69 Å². The summed E-state index contributed by atoms with van der Waals surface area (Å²) >= 11 is 6.28. The van der Waals surface area contributed by atoms with E-state index in [4.69, 9.17) is 16.3 Å². The minimum atomic E-state index is -0.718. The first kappa shape index (κ1) is 18.1. The van der Waals surface area contributed by atoms with Gasteiger partial charge in [0.2, 0.25) is 0 Å². The molecule has 6 nitrogen and oxygen atoms in total. The van der Waals surface area contributed by atoms with Crippen molar-refractivity contribution >= 4 is 34.6 Å². The van der Waals surface area contributed by atoms with Gasteiger partial charge in [-0.15, -0.1) is 0 Å². The lowest BCUT2D eigenvalue weighted by atomic mass is 10.1. The van der Waals surface area contributed by atoms with Gasteiger partial charge in [-0.3, -0.25) is 0 Å². The summed E-state index contributed by atoms with van der Waals surface area (Å²) in [6.07, 6.45) is 1.67. The van der Waals surface area contributed by atoms with E-state index in [1.807, 2.05) is 18.2 Å². The van der Waals surface area contributed by atoms with Crippen LogP contribution >= 0.6 is 11.6 Å². The Labute approximate surface area is 170 Å². The number of methoxy groups -OCH3 is 1. The zero-order chi connectivity index (χ0) is 20.1. The van der Waals surface area contributed by atoms with Crippen molar-refractivity contribution in [2.24, 2.45) is 4.99 Å². The lowest BCUT2D eigenvalue weighted by Crippen LogP contribution is -2.51. The zero-order valence-corrected chi connectivity index (χ0v) is 16.1. The third-order valence-corrected chi connectivity index (χ3v) is 5.39. The molecule has 0 unspecified atom stereocenters. The maximum absolute atomic E-state index is 14.4. The number of benzene rings is 2. The molecule has 148 valence electrons. The van der Waals surface area contributed by atoms with Gasteiger partial charge in [0.25, 0.3) is 0 Å². The normalized spacial score (nSPS) is 15.7. The third kappa shape index (κ3) is 2.95. The fourth-order valence-electron chi connectivity index (χ4n) is 3.50. The fraction of sp³-hybridized carbons (Fsp3) is 0.200. The number of anilines is 2. The molecule has 3 aromatic rings. The van der Waals surface area contributed by atoms with Crippen LogP contribution in [0.4, 0.5) is 26.0 Å². The van der Waals surface area contributed by atoms with Crippen molar-refractivity contribution in [3.05, 3.63) is 64.8 Å². The highest BCUT2D eigenvalue weighted by Gasteiger charge is 2.29. The summed E-state index contributed by atoms with van der Waals surface area (Å²) in [5.41, 5.74) is 2.02. The summed E-state index contributed by atoms with van der Waals surface area (Å²) in [5.74, 6) is -1.11. The highest BCUT2D eigenvalue weighted by molar-refractivity contribution is 6.33. The molecule has 0 spiro atoms. The van der Waals surface area contributed by atoms with Gasteiger partial charge in [0.15, 0.2) is 5.82 Å². The van der Waals surface area contributed by atoms with Crippen LogP contribution in [0.2, 0.25) is 5.02 Å². The molecule has 5 rings (SSSR count). The van der Waals surface area contributed by atoms with E-state index in [9.17, 15) is 8.78 Å². The highest BCUT2D eigenvalue weighted by atomic mass is 35.5. The largest absolute Gasteiger partial charge is 0.378 e. The summed E-state index contributed by atoms with van der Waals surface area (Å²) in [7, 11) is 1.70. The molecule has 9 heteroatoms. The number of nitrogens with zero attached hydrogens (tertiary/aromatic N) is 4. The molecular weight excluding hydrogens is 400 g/mol. The Hall–Kier alpha value is -2.97. The van der Waals surface area contributed by atoms with Gasteiger partial charge in [-0.2, -0.15) is 5.10 Å². The molecule has 0 aliphatic carbocycles. The quantitative estimate of drug-likeness (QED) is 0.698. The number of ether oxygens (including phenoxy) is 1. The Bertz CT molecular complexity index is 1120. The second-order valence-corrected chi connectivity index (χ2v) is 7.28. The standard InChI is InChI=1S/C20H16ClF2N5O/c1-29-12-9-27(10-12)11-5-6-16-17(7-11)28-20(13(21)8-24-28)26-19(25-16)18-14(22)3-2-4-15(18)23/h2-8,12H,9-10H2,1H3,(H,25,26). The Balaban J connectivity index is 1.62. The Morgan fingerprint density at radius 2 is 1.93 bits per heavy atom. The molecule has 0 amide bonds. The van der Waals surface area contributed by atoms with Gasteiger partial charge >= 0.3 is 0 Å². The van der Waals surface area contributed by atoms with E-state index in [0.717, 1.165) is 18.8 Å². The number of amidine groups is 1. The van der Waals surface area contributed by atoms with Crippen LogP contribution in [0.1, 0.15) is 5.56 Å². The first-order valence-electron chi connectivity index (χ1n) is 9.01. The summed E-state index contributed by atoms with van der Waals surface area (Å²) in [6, 6.07) is 9.40. The summed E-state index contributed by atoms with van der Waals surface area (Å²) < 4.78 is 35.7. The number of aromatic nitrogens is 2. The predicted molar refractivity (Wildman–Crippen MR) is 108 cm³/mol. The zero-order valence-electron chi connectivity index (χ0n) is 15.4. The Morgan fingerprint density at radius 3 is 2.66 bits per heavy atom. The number of hydrogen-bond donors (Lipinski definition) is 1. The minimum Gasteiger partial charge on any atom is -0.378 e. The maximum atomic E-state index is 14.4. The highest BCUT2D eigenvalue weighted by Crippen LogP contribution is 2.37. The number of halogens is 3. The third-order valence-electron chi connectivity index (χ3n) is 5.13. The van der Waals surface area contributed by atoms with Gasteiger partial charge in [-0.1, -0.05) is 17.7 Å². The van der Waals surface area contributed by atoms with E-state index in [1.54, 1.807) is 11.8 Å². The first-order valence-corrected chi connectivity index (χ1v) is 9.38. The molecule has 0 radical (unpaired) electrons. The van der Waals surface area contributed by atoms with E-state index in [-0.39, 0.29) is 22.5 Å². The van der Waals surface area contributed by atoms with Crippen LogP contribution in [-0.2, 0) is 4.74 Å². The lowest BCUT2D eigenvalue weighted by molar-refractivity contribution is 0.0788. The van der Waals surface area contributed by atoms with Crippen molar-refractivity contribution < 1.29 is 13.5 Å². The molecule has 0 saturated carbocycles. The van der Waals surface area contributed by atoms with Crippen LogP contribution in [0.15, 0.2) is 47.6 Å². The average Bonchev–Trinajstić information content (AvgIpc) is 2.93. The maximum Gasteiger partial charge on any atom is 0.176 e. The van der Waals surface area contributed by atoms with Crippen molar-refractivity contribution in [1.29, 1.82) is 0 Å². The summed E-state index contributed by atoms with van der Waals surface area (Å²) in [4.78, 5) is 6.57. The molecule has 2 aliphatic rings. The average molecular weight is 416 g/mol. The van der Waals surface area contributed by atoms with E-state index < -0.39 is 11.6 Å². The van der Waals surface area contributed by atoms with E-state index in [1.165, 1.54) is 24.4 Å². The van der Waals surface area contributed by atoms with Gasteiger partial charge in [0.1, 0.15) is 22.5 Å². The summed E-state index contributed by atoms with van der Waals surface area (Å²) in [5, 5.41) is 7.64. The second-order valence-electron chi connectivity index (χ2n) is 6.87. The van der Waals surface area contributed by atoms with Crippen LogP contribution < -0.4 is 10.2 Å². The number of aliphatic imine (C=N–C) groups is 1. The van der Waals surface area contributed by atoms with Crippen molar-refractivity contribution in [2.45, 2.75) is 6.10 Å². The molecule has 1 saturated heterocycles. The van der Waals surface area contributed by atoms with Crippen LogP contribution in [0.5, 0.6) is 0 Å². The Kier molecular flexibility index (Phi) is 4.25. The Morgan fingerprint density at radius 1 is 1.17 bits per heavy atom. The molecule has 1 aromatic heterocycles. The predicted octanol–water partition coefficient (Wildman–Crippen LogP) is 4.14. The van der Waals surface area contributed by atoms with E-state index in [2.05, 4.69) is 20.3 Å². The molecule has 2 aliphatic heterocycles. The van der Waals surface area contributed by atoms with Gasteiger partial charge < -0.3 is 15.0 Å². The molecule has 29 heavy (non-hydrogen) atoms. The molecule has 0 atom stereocenters. The molecular formula is C20H16ClF2N5O. The summed E-state index contributed by atoms with van der Waals surface area (Å²) in [6.45, 7) is 1.58. The number of nitrogens with one attached hydrogen (secondary N) is 1. The van der Waals surface area contributed by atoms with Crippen LogP contribution in [0.3, 0.4) is 0 Å². The van der Waals surface area contributed by atoms with Crippen molar-refractivity contribution in [3.63, 3.8) is 0 Å². The van der Waals surface area contributed by atoms with Crippen LogP contribution in [0, 0.1) is 11.6 Å². The minimum absolute atomic E-state index is 0.0270. The second kappa shape index (κ2) is 6.82. The van der Waals surface area contributed by atoms with E-state index >= 15 is 0 Å². The van der Waals surface area contributed by atoms with Gasteiger partial charge in [-0.25, -0.2) is 18.5 Å². The number of fused-ring (bicyclic) bond motifs is 3. The topological polar surface area (TPSA) is 54.7 Å². The van der Waals surface area contributed by atoms with Crippen LogP contribution in [-0.4, -0.2) is 41.9 Å². The number of hydrogen-bond acceptors (Lipinski definition) is 5. The van der Waals surface area contributed by atoms with Crippen molar-refractivity contribution in [2.75, 3.05) is 30.4 Å².